The lowest BCUT2D eigenvalue weighted by atomic mass is 10.1. The van der Waals surface area contributed by atoms with E-state index in [1.54, 1.807) is 25.3 Å². The largest absolute Gasteiger partial charge is 0.497 e. The van der Waals surface area contributed by atoms with E-state index in [-0.39, 0.29) is 18.4 Å². The number of anilines is 1. The Balaban J connectivity index is 1.94. The van der Waals surface area contributed by atoms with Crippen molar-refractivity contribution in [1.29, 1.82) is 0 Å². The van der Waals surface area contributed by atoms with Crippen LogP contribution in [-0.2, 0) is 20.7 Å². The molecule has 2 aromatic rings. The second-order valence-electron chi connectivity index (χ2n) is 6.16. The lowest BCUT2D eigenvalue weighted by Gasteiger charge is -2.20. The summed E-state index contributed by atoms with van der Waals surface area (Å²) in [5, 5.41) is 2.70. The van der Waals surface area contributed by atoms with Crippen LogP contribution in [0.5, 0.6) is 5.75 Å². The number of carbonyl (C=O) groups excluding carboxylic acids is 3. The maximum Gasteiger partial charge on any atom is 0.337 e. The standard InChI is InChI=1S/C21H24N2O5/c1-15(24)23(12-11-16-7-9-19(27-2)10-8-16)14-20(25)22-18-6-4-5-17(13-18)21(26)28-3/h4-10,13H,11-12,14H2,1-3H3,(H,22,25). The second kappa shape index (κ2) is 10.1. The summed E-state index contributed by atoms with van der Waals surface area (Å²) in [6.45, 7) is 1.77. The van der Waals surface area contributed by atoms with Crippen LogP contribution in [0.15, 0.2) is 48.5 Å². The number of rotatable bonds is 8. The molecule has 1 N–H and O–H groups in total. The van der Waals surface area contributed by atoms with E-state index in [2.05, 4.69) is 10.1 Å². The Morgan fingerprint density at radius 2 is 1.75 bits per heavy atom. The molecule has 0 aliphatic rings. The highest BCUT2D eigenvalue weighted by atomic mass is 16.5. The Morgan fingerprint density at radius 1 is 1.04 bits per heavy atom. The van der Waals surface area contributed by atoms with Crippen molar-refractivity contribution in [2.24, 2.45) is 0 Å². The molecule has 0 aromatic heterocycles. The molecule has 0 saturated heterocycles. The fraction of sp³-hybridized carbons (Fsp3) is 0.286. The van der Waals surface area contributed by atoms with Gasteiger partial charge in [0.1, 0.15) is 5.75 Å². The first kappa shape index (κ1) is 21.0. The summed E-state index contributed by atoms with van der Waals surface area (Å²) in [6, 6.07) is 14.0. The van der Waals surface area contributed by atoms with Crippen LogP contribution in [0.2, 0.25) is 0 Å². The fourth-order valence-corrected chi connectivity index (χ4v) is 2.62. The molecular formula is C21H24N2O5. The van der Waals surface area contributed by atoms with Gasteiger partial charge in [0.15, 0.2) is 0 Å². The van der Waals surface area contributed by atoms with Crippen LogP contribution in [-0.4, -0.2) is 50.0 Å². The minimum absolute atomic E-state index is 0.0755. The number of esters is 1. The number of methoxy groups -OCH3 is 2. The average molecular weight is 384 g/mol. The predicted octanol–water partition coefficient (Wildman–Crippen LogP) is 2.51. The van der Waals surface area contributed by atoms with Gasteiger partial charge in [0.2, 0.25) is 11.8 Å². The number of hydrogen-bond donors (Lipinski definition) is 1. The Morgan fingerprint density at radius 3 is 2.36 bits per heavy atom. The summed E-state index contributed by atoms with van der Waals surface area (Å²) in [5.74, 6) is -0.249. The molecule has 148 valence electrons. The lowest BCUT2D eigenvalue weighted by Crippen LogP contribution is -2.38. The molecule has 0 aliphatic heterocycles. The van der Waals surface area contributed by atoms with E-state index in [0.29, 0.717) is 24.2 Å². The van der Waals surface area contributed by atoms with Crippen molar-refractivity contribution in [3.8, 4) is 5.75 Å². The highest BCUT2D eigenvalue weighted by Crippen LogP contribution is 2.13. The van der Waals surface area contributed by atoms with Gasteiger partial charge in [-0.3, -0.25) is 9.59 Å². The SMILES string of the molecule is COC(=O)c1cccc(NC(=O)CN(CCc2ccc(OC)cc2)C(C)=O)c1. The van der Waals surface area contributed by atoms with E-state index in [4.69, 9.17) is 4.74 Å². The zero-order chi connectivity index (χ0) is 20.5. The first-order chi connectivity index (χ1) is 13.4. The van der Waals surface area contributed by atoms with Gasteiger partial charge in [-0.15, -0.1) is 0 Å². The molecule has 0 radical (unpaired) electrons. The summed E-state index contributed by atoms with van der Waals surface area (Å²) in [7, 11) is 2.90. The van der Waals surface area contributed by atoms with Crippen molar-refractivity contribution in [3.63, 3.8) is 0 Å². The van der Waals surface area contributed by atoms with Crippen LogP contribution in [0.4, 0.5) is 5.69 Å². The zero-order valence-corrected chi connectivity index (χ0v) is 16.2. The monoisotopic (exact) mass is 384 g/mol. The van der Waals surface area contributed by atoms with Gasteiger partial charge >= 0.3 is 5.97 Å². The van der Waals surface area contributed by atoms with Gasteiger partial charge in [0.25, 0.3) is 0 Å². The molecule has 0 unspecified atom stereocenters. The Bertz CT molecular complexity index is 833. The number of hydrogen-bond acceptors (Lipinski definition) is 5. The molecule has 0 fully saturated rings. The summed E-state index contributed by atoms with van der Waals surface area (Å²) in [4.78, 5) is 37.3. The third kappa shape index (κ3) is 6.12. The van der Waals surface area contributed by atoms with Crippen LogP contribution in [0, 0.1) is 0 Å². The molecule has 2 rings (SSSR count). The van der Waals surface area contributed by atoms with Gasteiger partial charge in [-0.1, -0.05) is 18.2 Å². The molecular weight excluding hydrogens is 360 g/mol. The van der Waals surface area contributed by atoms with Crippen LogP contribution in [0.1, 0.15) is 22.8 Å². The maximum atomic E-state index is 12.3. The van der Waals surface area contributed by atoms with E-state index >= 15 is 0 Å². The number of amides is 2. The quantitative estimate of drug-likeness (QED) is 0.707. The summed E-state index contributed by atoms with van der Waals surface area (Å²) >= 11 is 0. The third-order valence-corrected chi connectivity index (χ3v) is 4.18. The maximum absolute atomic E-state index is 12.3. The highest BCUT2D eigenvalue weighted by molar-refractivity contribution is 5.96. The summed E-state index contributed by atoms with van der Waals surface area (Å²) < 4.78 is 9.79. The summed E-state index contributed by atoms with van der Waals surface area (Å²) in [5.41, 5.74) is 1.84. The molecule has 2 amide bonds. The number of nitrogens with zero attached hydrogens (tertiary/aromatic N) is 1. The topological polar surface area (TPSA) is 84.9 Å². The highest BCUT2D eigenvalue weighted by Gasteiger charge is 2.14. The van der Waals surface area contributed by atoms with E-state index in [9.17, 15) is 14.4 Å². The van der Waals surface area contributed by atoms with Gasteiger partial charge in [0.05, 0.1) is 26.3 Å². The molecule has 7 nitrogen and oxygen atoms in total. The van der Waals surface area contributed by atoms with Crippen molar-refractivity contribution < 1.29 is 23.9 Å². The van der Waals surface area contributed by atoms with E-state index < -0.39 is 5.97 Å². The third-order valence-electron chi connectivity index (χ3n) is 4.18. The van der Waals surface area contributed by atoms with Gasteiger partial charge in [-0.2, -0.15) is 0 Å². The van der Waals surface area contributed by atoms with Crippen molar-refractivity contribution in [2.75, 3.05) is 32.6 Å². The molecule has 7 heteroatoms. The van der Waals surface area contributed by atoms with E-state index in [1.807, 2.05) is 24.3 Å². The lowest BCUT2D eigenvalue weighted by molar-refractivity contribution is -0.132. The summed E-state index contributed by atoms with van der Waals surface area (Å²) in [6.07, 6.45) is 0.620. The van der Waals surface area contributed by atoms with Crippen molar-refractivity contribution in [3.05, 3.63) is 59.7 Å². The van der Waals surface area contributed by atoms with Gasteiger partial charge in [-0.25, -0.2) is 4.79 Å². The minimum atomic E-state index is -0.485. The molecule has 0 heterocycles. The molecule has 0 saturated carbocycles. The number of carbonyl (C=O) groups is 3. The van der Waals surface area contributed by atoms with E-state index in [1.165, 1.54) is 25.0 Å². The number of nitrogens with one attached hydrogen (secondary N) is 1. The van der Waals surface area contributed by atoms with Crippen LogP contribution in [0.25, 0.3) is 0 Å². The Labute approximate surface area is 164 Å². The molecule has 28 heavy (non-hydrogen) atoms. The van der Waals surface area contributed by atoms with Crippen molar-refractivity contribution >= 4 is 23.5 Å². The van der Waals surface area contributed by atoms with Crippen molar-refractivity contribution in [1.82, 2.24) is 4.90 Å². The predicted molar refractivity (Wildman–Crippen MR) is 105 cm³/mol. The smallest absolute Gasteiger partial charge is 0.337 e. The molecule has 0 spiro atoms. The van der Waals surface area contributed by atoms with Gasteiger partial charge in [-0.05, 0) is 42.3 Å². The Hall–Kier alpha value is -3.35. The molecule has 0 aliphatic carbocycles. The number of benzene rings is 2. The van der Waals surface area contributed by atoms with Crippen LogP contribution in [0.3, 0.4) is 0 Å². The van der Waals surface area contributed by atoms with Crippen LogP contribution < -0.4 is 10.1 Å². The fourth-order valence-electron chi connectivity index (χ4n) is 2.62. The molecule has 0 atom stereocenters. The zero-order valence-electron chi connectivity index (χ0n) is 16.2. The number of ether oxygens (including phenoxy) is 2. The Kier molecular flexibility index (Phi) is 7.56. The molecule has 2 aromatic carbocycles. The van der Waals surface area contributed by atoms with Gasteiger partial charge in [0, 0.05) is 19.2 Å². The van der Waals surface area contributed by atoms with Gasteiger partial charge < -0.3 is 19.7 Å². The van der Waals surface area contributed by atoms with Crippen molar-refractivity contribution in [2.45, 2.75) is 13.3 Å². The molecule has 0 bridgehead atoms. The van der Waals surface area contributed by atoms with Crippen LogP contribution >= 0.6 is 0 Å². The second-order valence-corrected chi connectivity index (χ2v) is 6.16. The average Bonchev–Trinajstić information content (AvgIpc) is 2.70. The normalized spacial score (nSPS) is 10.1. The first-order valence-corrected chi connectivity index (χ1v) is 8.79. The van der Waals surface area contributed by atoms with E-state index in [0.717, 1.165) is 11.3 Å². The minimum Gasteiger partial charge on any atom is -0.497 e. The first-order valence-electron chi connectivity index (χ1n) is 8.79.